The second-order valence-electron chi connectivity index (χ2n) is 6.02. The molecule has 0 N–H and O–H groups in total. The first-order valence-corrected chi connectivity index (χ1v) is 8.39. The van der Waals surface area contributed by atoms with Crippen molar-refractivity contribution in [3.8, 4) is 11.5 Å². The maximum atomic E-state index is 13.1. The lowest BCUT2D eigenvalue weighted by atomic mass is 10.2. The Morgan fingerprint density at radius 2 is 1.93 bits per heavy atom. The monoisotopic (exact) mass is 379 g/mol. The fourth-order valence-corrected chi connectivity index (χ4v) is 2.91. The Hall–Kier alpha value is -3.04. The van der Waals surface area contributed by atoms with Crippen molar-refractivity contribution in [2.75, 3.05) is 24.6 Å². The normalized spacial score (nSPS) is 16.5. The molecule has 0 spiro atoms. The van der Waals surface area contributed by atoms with Gasteiger partial charge in [-0.2, -0.15) is 17.7 Å². The summed E-state index contributed by atoms with van der Waals surface area (Å²) in [5.41, 5.74) is 0.0355. The average Bonchev–Trinajstić information content (AvgIpc) is 3.09. The first-order chi connectivity index (χ1) is 13.0. The van der Waals surface area contributed by atoms with Gasteiger partial charge in [-0.25, -0.2) is 0 Å². The molecule has 0 fully saturated rings. The first-order valence-electron chi connectivity index (χ1n) is 8.39. The van der Waals surface area contributed by atoms with Crippen LogP contribution in [0.4, 0.5) is 19.0 Å². The van der Waals surface area contributed by atoms with E-state index in [-0.39, 0.29) is 11.8 Å². The maximum Gasteiger partial charge on any atom is 0.453 e. The third-order valence-corrected chi connectivity index (χ3v) is 4.20. The summed E-state index contributed by atoms with van der Waals surface area (Å²) in [5.74, 6) is 0.543. The maximum absolute atomic E-state index is 13.1. The highest BCUT2D eigenvalue weighted by molar-refractivity contribution is 5.46. The molecule has 142 valence electrons. The number of halogens is 3. The molecule has 3 aromatic rings. The van der Waals surface area contributed by atoms with E-state index >= 15 is 0 Å². The topological polar surface area (TPSA) is 64.8 Å². The summed E-state index contributed by atoms with van der Waals surface area (Å²) in [7, 11) is 0. The van der Waals surface area contributed by atoms with Gasteiger partial charge < -0.3 is 14.4 Å². The minimum Gasteiger partial charge on any atom is -0.486 e. The van der Waals surface area contributed by atoms with Gasteiger partial charge in [0, 0.05) is 6.54 Å². The van der Waals surface area contributed by atoms with Gasteiger partial charge in [-0.1, -0.05) is 12.1 Å². The molecule has 1 atom stereocenters. The standard InChI is InChI=1S/C17H16F3N5O2/c1-2-24(9-11-10-26-12-5-3-4-6-13(12)27-11)15-8-7-14-21-22-16(17(18,19)20)25(14)23-15/h3-8,11H,2,9-10H2,1H3/t11-/m0/s1. The zero-order valence-electron chi connectivity index (χ0n) is 14.3. The van der Waals surface area contributed by atoms with Gasteiger partial charge in [0.25, 0.3) is 5.82 Å². The average molecular weight is 379 g/mol. The molecule has 0 saturated heterocycles. The van der Waals surface area contributed by atoms with E-state index in [9.17, 15) is 13.2 Å². The number of anilines is 1. The summed E-state index contributed by atoms with van der Waals surface area (Å²) in [4.78, 5) is 1.82. The fraction of sp³-hybridized carbons (Fsp3) is 0.353. The smallest absolute Gasteiger partial charge is 0.453 e. The molecule has 4 rings (SSSR count). The van der Waals surface area contributed by atoms with E-state index in [0.717, 1.165) is 0 Å². The Bertz CT molecular complexity index is 959. The number of nitrogens with zero attached hydrogens (tertiary/aromatic N) is 5. The highest BCUT2D eigenvalue weighted by atomic mass is 19.4. The lowest BCUT2D eigenvalue weighted by Crippen LogP contribution is -2.41. The Morgan fingerprint density at radius 3 is 2.67 bits per heavy atom. The van der Waals surface area contributed by atoms with Gasteiger partial charge in [0.15, 0.2) is 23.3 Å². The highest BCUT2D eigenvalue weighted by Crippen LogP contribution is 2.31. The van der Waals surface area contributed by atoms with Crippen LogP contribution in [0, 0.1) is 0 Å². The molecule has 2 aromatic heterocycles. The molecule has 0 amide bonds. The van der Waals surface area contributed by atoms with Gasteiger partial charge in [-0.05, 0) is 31.2 Å². The van der Waals surface area contributed by atoms with Gasteiger partial charge in [-0.15, -0.1) is 15.3 Å². The number of fused-ring (bicyclic) bond motifs is 2. The summed E-state index contributed by atoms with van der Waals surface area (Å²) < 4.78 is 51.5. The van der Waals surface area contributed by atoms with Crippen LogP contribution in [0.5, 0.6) is 11.5 Å². The Labute approximate surface area is 152 Å². The SMILES string of the molecule is CCN(C[C@H]1COc2ccccc2O1)c1ccc2nnc(C(F)(F)F)n2n1. The largest absolute Gasteiger partial charge is 0.486 e. The fourth-order valence-electron chi connectivity index (χ4n) is 2.91. The van der Waals surface area contributed by atoms with Crippen molar-refractivity contribution in [3.63, 3.8) is 0 Å². The van der Waals surface area contributed by atoms with Crippen LogP contribution in [-0.4, -0.2) is 45.6 Å². The molecule has 7 nitrogen and oxygen atoms in total. The van der Waals surface area contributed by atoms with Crippen molar-refractivity contribution < 1.29 is 22.6 Å². The first kappa shape index (κ1) is 17.4. The van der Waals surface area contributed by atoms with E-state index in [1.54, 1.807) is 6.07 Å². The number of aromatic nitrogens is 4. The zero-order chi connectivity index (χ0) is 19.0. The lowest BCUT2D eigenvalue weighted by molar-refractivity contribution is -0.146. The number of ether oxygens (including phenoxy) is 2. The van der Waals surface area contributed by atoms with Gasteiger partial charge in [0.05, 0.1) is 6.54 Å². The van der Waals surface area contributed by atoms with Crippen molar-refractivity contribution in [1.29, 1.82) is 0 Å². The summed E-state index contributed by atoms with van der Waals surface area (Å²) in [6.45, 7) is 3.17. The van der Waals surface area contributed by atoms with Crippen molar-refractivity contribution in [1.82, 2.24) is 19.8 Å². The summed E-state index contributed by atoms with van der Waals surface area (Å²) in [5, 5.41) is 10.8. The molecule has 1 aliphatic rings. The molecule has 0 saturated carbocycles. The summed E-state index contributed by atoms with van der Waals surface area (Å²) in [6.07, 6.45) is -4.91. The molecule has 0 unspecified atom stereocenters. The molecule has 1 aromatic carbocycles. The number of hydrogen-bond donors (Lipinski definition) is 0. The summed E-state index contributed by atoms with van der Waals surface area (Å²) >= 11 is 0. The van der Waals surface area contributed by atoms with Crippen LogP contribution in [0.3, 0.4) is 0 Å². The molecular formula is C17H16F3N5O2. The highest BCUT2D eigenvalue weighted by Gasteiger charge is 2.37. The molecule has 27 heavy (non-hydrogen) atoms. The number of hydrogen-bond acceptors (Lipinski definition) is 6. The van der Waals surface area contributed by atoms with Crippen LogP contribution in [0.15, 0.2) is 36.4 Å². The molecule has 0 aliphatic carbocycles. The van der Waals surface area contributed by atoms with Crippen molar-refractivity contribution >= 4 is 11.5 Å². The van der Waals surface area contributed by atoms with Gasteiger partial charge in [0.2, 0.25) is 0 Å². The molecule has 0 bridgehead atoms. The Morgan fingerprint density at radius 1 is 1.15 bits per heavy atom. The number of benzene rings is 1. The van der Waals surface area contributed by atoms with Crippen LogP contribution >= 0.6 is 0 Å². The predicted octanol–water partition coefficient (Wildman–Crippen LogP) is 2.81. The Balaban J connectivity index is 1.58. The molecule has 3 heterocycles. The minimum atomic E-state index is -4.63. The molecule has 10 heteroatoms. The second kappa shape index (κ2) is 6.60. The van der Waals surface area contributed by atoms with Gasteiger partial charge in [-0.3, -0.25) is 0 Å². The van der Waals surface area contributed by atoms with E-state index in [1.165, 1.54) is 6.07 Å². The number of likely N-dealkylation sites (N-methyl/N-ethyl adjacent to an activating group) is 1. The van der Waals surface area contributed by atoms with Crippen LogP contribution in [0.1, 0.15) is 12.7 Å². The lowest BCUT2D eigenvalue weighted by Gasteiger charge is -2.31. The van der Waals surface area contributed by atoms with E-state index in [1.807, 2.05) is 36.1 Å². The van der Waals surface area contributed by atoms with Gasteiger partial charge in [0.1, 0.15) is 12.4 Å². The number of para-hydroxylation sites is 2. The third kappa shape index (κ3) is 3.34. The molecular weight excluding hydrogens is 363 g/mol. The van der Waals surface area contributed by atoms with E-state index in [4.69, 9.17) is 9.47 Å². The quantitative estimate of drug-likeness (QED) is 0.695. The van der Waals surface area contributed by atoms with Gasteiger partial charge >= 0.3 is 6.18 Å². The predicted molar refractivity (Wildman–Crippen MR) is 90.0 cm³/mol. The van der Waals surface area contributed by atoms with Crippen LogP contribution < -0.4 is 14.4 Å². The van der Waals surface area contributed by atoms with E-state index in [0.29, 0.717) is 41.5 Å². The summed E-state index contributed by atoms with van der Waals surface area (Å²) in [6, 6.07) is 10.4. The van der Waals surface area contributed by atoms with E-state index in [2.05, 4.69) is 15.3 Å². The zero-order valence-corrected chi connectivity index (χ0v) is 14.3. The van der Waals surface area contributed by atoms with Crippen LogP contribution in [0.25, 0.3) is 5.65 Å². The second-order valence-corrected chi connectivity index (χ2v) is 6.02. The number of rotatable bonds is 4. The van der Waals surface area contributed by atoms with Crippen LogP contribution in [-0.2, 0) is 6.18 Å². The number of alkyl halides is 3. The van der Waals surface area contributed by atoms with Crippen molar-refractivity contribution in [3.05, 3.63) is 42.2 Å². The molecule has 0 radical (unpaired) electrons. The van der Waals surface area contributed by atoms with Crippen LogP contribution in [0.2, 0.25) is 0 Å². The van der Waals surface area contributed by atoms with E-state index < -0.39 is 12.0 Å². The molecule has 1 aliphatic heterocycles. The third-order valence-electron chi connectivity index (χ3n) is 4.20. The minimum absolute atomic E-state index is 0.0355. The van der Waals surface area contributed by atoms with Crippen molar-refractivity contribution in [2.45, 2.75) is 19.2 Å². The van der Waals surface area contributed by atoms with Crippen molar-refractivity contribution in [2.24, 2.45) is 0 Å². The Kier molecular flexibility index (Phi) is 4.25.